The molecule has 3 nitrogen and oxygen atoms in total. The second-order valence-corrected chi connectivity index (χ2v) is 8.80. The van der Waals surface area contributed by atoms with Crippen molar-refractivity contribution in [2.75, 3.05) is 0 Å². The number of hydrogen-bond acceptors (Lipinski definition) is 3. The lowest BCUT2D eigenvalue weighted by atomic mass is 9.92. The van der Waals surface area contributed by atoms with Gasteiger partial charge in [0, 0.05) is 4.88 Å². The maximum atomic E-state index is 11.1. The SMILES string of the molecule is CC(C)CC1CCC(C(O)c2c(C3CC3)sc3cncn23)C1. The fraction of sp³-hybridized carbons (Fsp3) is 0.722. The van der Waals surface area contributed by atoms with Gasteiger partial charge in [-0.1, -0.05) is 20.3 Å². The second-order valence-electron chi connectivity index (χ2n) is 7.74. The standard InChI is InChI=1S/C18H26N2OS/c1-11(2)7-12-3-4-14(8-12)17(21)16-18(13-5-6-13)22-15-9-19-10-20(15)16/h9-14,17,21H,3-8H2,1-2H3. The molecule has 2 aromatic rings. The van der Waals surface area contributed by atoms with E-state index in [9.17, 15) is 5.11 Å². The number of hydrogen-bond donors (Lipinski definition) is 1. The molecule has 0 radical (unpaired) electrons. The zero-order valence-electron chi connectivity index (χ0n) is 13.5. The smallest absolute Gasteiger partial charge is 0.120 e. The van der Waals surface area contributed by atoms with Gasteiger partial charge in [-0.3, -0.25) is 4.40 Å². The number of nitrogens with zero attached hydrogens (tertiary/aromatic N) is 2. The lowest BCUT2D eigenvalue weighted by Gasteiger charge is -2.20. The summed E-state index contributed by atoms with van der Waals surface area (Å²) in [5.74, 6) is 2.70. The van der Waals surface area contributed by atoms with Gasteiger partial charge in [0.15, 0.2) is 0 Å². The van der Waals surface area contributed by atoms with Crippen LogP contribution in [0.4, 0.5) is 0 Å². The monoisotopic (exact) mass is 318 g/mol. The van der Waals surface area contributed by atoms with Crippen LogP contribution in [0.15, 0.2) is 12.5 Å². The van der Waals surface area contributed by atoms with Crippen LogP contribution in [-0.4, -0.2) is 14.5 Å². The van der Waals surface area contributed by atoms with E-state index < -0.39 is 0 Å². The summed E-state index contributed by atoms with van der Waals surface area (Å²) in [6.07, 6.45) is 11.0. The molecule has 1 N–H and O–H groups in total. The fourth-order valence-corrected chi connectivity index (χ4v) is 5.56. The predicted octanol–water partition coefficient (Wildman–Crippen LogP) is 4.77. The molecule has 2 fully saturated rings. The third-order valence-corrected chi connectivity index (χ3v) is 6.67. The molecular weight excluding hydrogens is 292 g/mol. The summed E-state index contributed by atoms with van der Waals surface area (Å²) in [6.45, 7) is 4.62. The minimum absolute atomic E-state index is 0.310. The molecule has 4 heteroatoms. The Morgan fingerprint density at radius 3 is 2.86 bits per heavy atom. The second kappa shape index (κ2) is 5.64. The lowest BCUT2D eigenvalue weighted by Crippen LogP contribution is -2.13. The van der Waals surface area contributed by atoms with E-state index in [4.69, 9.17) is 0 Å². The summed E-state index contributed by atoms with van der Waals surface area (Å²) >= 11 is 1.84. The highest BCUT2D eigenvalue weighted by atomic mass is 32.1. The van der Waals surface area contributed by atoms with E-state index in [-0.39, 0.29) is 6.10 Å². The highest BCUT2D eigenvalue weighted by molar-refractivity contribution is 7.17. The predicted molar refractivity (Wildman–Crippen MR) is 90.3 cm³/mol. The Labute approximate surface area is 136 Å². The summed E-state index contributed by atoms with van der Waals surface area (Å²) in [6, 6.07) is 0. The number of rotatable bonds is 5. The molecule has 2 aliphatic rings. The first kappa shape index (κ1) is 14.7. The number of aliphatic hydroxyl groups excluding tert-OH is 1. The Morgan fingerprint density at radius 1 is 1.32 bits per heavy atom. The van der Waals surface area contributed by atoms with E-state index in [2.05, 4.69) is 23.2 Å². The van der Waals surface area contributed by atoms with Gasteiger partial charge in [0.1, 0.15) is 11.2 Å². The molecule has 0 aromatic carbocycles. The minimum Gasteiger partial charge on any atom is -0.387 e. The van der Waals surface area contributed by atoms with Crippen LogP contribution >= 0.6 is 11.3 Å². The first-order valence-corrected chi connectivity index (χ1v) is 9.57. The maximum Gasteiger partial charge on any atom is 0.120 e. The summed E-state index contributed by atoms with van der Waals surface area (Å²) in [7, 11) is 0. The Morgan fingerprint density at radius 2 is 2.14 bits per heavy atom. The Balaban J connectivity index is 1.59. The van der Waals surface area contributed by atoms with Crippen molar-refractivity contribution in [3.8, 4) is 0 Å². The van der Waals surface area contributed by atoms with Gasteiger partial charge in [-0.25, -0.2) is 4.98 Å². The van der Waals surface area contributed by atoms with Crippen LogP contribution in [0.5, 0.6) is 0 Å². The summed E-state index contributed by atoms with van der Waals surface area (Å²) in [5, 5.41) is 11.1. The van der Waals surface area contributed by atoms with Gasteiger partial charge in [-0.15, -0.1) is 11.3 Å². The highest BCUT2D eigenvalue weighted by Gasteiger charge is 2.37. The van der Waals surface area contributed by atoms with Crippen LogP contribution in [0.25, 0.3) is 4.83 Å². The molecule has 22 heavy (non-hydrogen) atoms. The minimum atomic E-state index is -0.310. The van der Waals surface area contributed by atoms with Gasteiger partial charge in [0.25, 0.3) is 0 Å². The molecule has 2 aromatic heterocycles. The van der Waals surface area contributed by atoms with Gasteiger partial charge >= 0.3 is 0 Å². The quantitative estimate of drug-likeness (QED) is 0.862. The van der Waals surface area contributed by atoms with Gasteiger partial charge in [0.05, 0.1) is 18.0 Å². The molecule has 2 saturated carbocycles. The van der Waals surface area contributed by atoms with Crippen LogP contribution in [-0.2, 0) is 0 Å². The zero-order chi connectivity index (χ0) is 15.3. The number of fused-ring (bicyclic) bond motifs is 1. The molecule has 0 amide bonds. The van der Waals surface area contributed by atoms with E-state index in [1.54, 1.807) is 0 Å². The Kier molecular flexibility index (Phi) is 3.77. The lowest BCUT2D eigenvalue weighted by molar-refractivity contribution is 0.103. The number of imidazole rings is 1. The van der Waals surface area contributed by atoms with Crippen LogP contribution in [0, 0.1) is 17.8 Å². The van der Waals surface area contributed by atoms with Crippen molar-refractivity contribution in [3.63, 3.8) is 0 Å². The summed E-state index contributed by atoms with van der Waals surface area (Å²) in [5.41, 5.74) is 1.16. The van der Waals surface area contributed by atoms with E-state index in [1.807, 2.05) is 23.9 Å². The number of aromatic nitrogens is 2. The topological polar surface area (TPSA) is 37.5 Å². The molecule has 4 rings (SSSR count). The molecule has 0 spiro atoms. The molecule has 3 unspecified atom stereocenters. The molecule has 0 aliphatic heterocycles. The summed E-state index contributed by atoms with van der Waals surface area (Å²) < 4.78 is 2.15. The van der Waals surface area contributed by atoms with Crippen molar-refractivity contribution in [1.82, 2.24) is 9.38 Å². The molecule has 3 atom stereocenters. The average Bonchev–Trinajstić information content (AvgIpc) is 2.90. The molecule has 2 aliphatic carbocycles. The normalized spacial score (nSPS) is 27.1. The first-order chi connectivity index (χ1) is 10.6. The van der Waals surface area contributed by atoms with E-state index in [0.29, 0.717) is 11.8 Å². The maximum absolute atomic E-state index is 11.1. The third kappa shape index (κ3) is 2.61. The fourth-order valence-electron chi connectivity index (χ4n) is 4.25. The number of thiazole rings is 1. The molecule has 0 bridgehead atoms. The number of aliphatic hydroxyl groups is 1. The molecule has 0 saturated heterocycles. The van der Waals surface area contributed by atoms with E-state index >= 15 is 0 Å². The van der Waals surface area contributed by atoms with Gasteiger partial charge in [-0.2, -0.15) is 0 Å². The van der Waals surface area contributed by atoms with Crippen molar-refractivity contribution in [3.05, 3.63) is 23.1 Å². The summed E-state index contributed by atoms with van der Waals surface area (Å²) in [4.78, 5) is 6.88. The molecule has 2 heterocycles. The van der Waals surface area contributed by atoms with E-state index in [1.165, 1.54) is 48.2 Å². The van der Waals surface area contributed by atoms with Crippen LogP contribution in [0.3, 0.4) is 0 Å². The van der Waals surface area contributed by atoms with Crippen molar-refractivity contribution in [1.29, 1.82) is 0 Å². The van der Waals surface area contributed by atoms with Crippen LogP contribution < -0.4 is 0 Å². The van der Waals surface area contributed by atoms with Gasteiger partial charge in [0.2, 0.25) is 0 Å². The van der Waals surface area contributed by atoms with Gasteiger partial charge < -0.3 is 5.11 Å². The largest absolute Gasteiger partial charge is 0.387 e. The van der Waals surface area contributed by atoms with Crippen molar-refractivity contribution >= 4 is 16.2 Å². The van der Waals surface area contributed by atoms with Crippen molar-refractivity contribution in [2.45, 2.75) is 64.4 Å². The Bertz CT molecular complexity index is 655. The van der Waals surface area contributed by atoms with E-state index in [0.717, 1.165) is 17.5 Å². The average molecular weight is 318 g/mol. The molecule has 120 valence electrons. The van der Waals surface area contributed by atoms with Gasteiger partial charge in [-0.05, 0) is 55.8 Å². The zero-order valence-corrected chi connectivity index (χ0v) is 14.4. The van der Waals surface area contributed by atoms with Crippen LogP contribution in [0.1, 0.15) is 75.0 Å². The van der Waals surface area contributed by atoms with Crippen molar-refractivity contribution in [2.24, 2.45) is 17.8 Å². The first-order valence-electron chi connectivity index (χ1n) is 8.76. The Hall–Kier alpha value is -0.870. The molecular formula is C18H26N2OS. The van der Waals surface area contributed by atoms with Crippen LogP contribution in [0.2, 0.25) is 0 Å². The third-order valence-electron chi connectivity index (χ3n) is 5.39. The highest BCUT2D eigenvalue weighted by Crippen LogP contribution is 2.50. The van der Waals surface area contributed by atoms with Crippen molar-refractivity contribution < 1.29 is 5.11 Å².